The molecule has 16 heavy (non-hydrogen) atoms. The van der Waals surface area contributed by atoms with Crippen LogP contribution in [0.5, 0.6) is 0 Å². The summed E-state index contributed by atoms with van der Waals surface area (Å²) in [6.45, 7) is 2.20. The van der Waals surface area contributed by atoms with E-state index in [1.54, 1.807) is 0 Å². The van der Waals surface area contributed by atoms with Crippen molar-refractivity contribution in [2.24, 2.45) is 0 Å². The standard InChI is InChI=1S/C15H15Cl/c1-2-3-12-4-6-13(7-5-12)14-8-10-15(16)11-9-14/h4-11H,2-3H2,1H3. The van der Waals surface area contributed by atoms with Crippen LogP contribution in [0.15, 0.2) is 48.5 Å². The van der Waals surface area contributed by atoms with Gasteiger partial charge in [0.15, 0.2) is 0 Å². The molecule has 0 N–H and O–H groups in total. The highest BCUT2D eigenvalue weighted by molar-refractivity contribution is 6.30. The Balaban J connectivity index is 2.24. The fourth-order valence-corrected chi connectivity index (χ4v) is 1.92. The molecule has 0 aliphatic carbocycles. The van der Waals surface area contributed by atoms with Crippen LogP contribution in [0.4, 0.5) is 0 Å². The molecule has 2 rings (SSSR count). The maximum Gasteiger partial charge on any atom is 0.0406 e. The van der Waals surface area contributed by atoms with Gasteiger partial charge in [-0.25, -0.2) is 0 Å². The first-order valence-electron chi connectivity index (χ1n) is 5.64. The maximum absolute atomic E-state index is 5.87. The molecule has 0 aromatic heterocycles. The third-order valence-electron chi connectivity index (χ3n) is 2.67. The highest BCUT2D eigenvalue weighted by atomic mass is 35.5. The van der Waals surface area contributed by atoms with Crippen molar-refractivity contribution in [3.63, 3.8) is 0 Å². The molecule has 0 saturated carbocycles. The molecule has 0 atom stereocenters. The molecule has 0 nitrogen and oxygen atoms in total. The number of hydrogen-bond donors (Lipinski definition) is 0. The van der Waals surface area contributed by atoms with E-state index in [0.717, 1.165) is 11.4 Å². The number of benzene rings is 2. The van der Waals surface area contributed by atoms with Gasteiger partial charge in [-0.05, 0) is 35.2 Å². The number of aryl methyl sites for hydroxylation is 1. The SMILES string of the molecule is CCCc1ccc(-c2ccc(Cl)cc2)cc1. The lowest BCUT2D eigenvalue weighted by molar-refractivity contribution is 0.922. The monoisotopic (exact) mass is 230 g/mol. The van der Waals surface area contributed by atoms with Crippen molar-refractivity contribution in [3.05, 3.63) is 59.1 Å². The minimum absolute atomic E-state index is 0.784. The molecule has 0 bridgehead atoms. The van der Waals surface area contributed by atoms with Gasteiger partial charge in [0.2, 0.25) is 0 Å². The van der Waals surface area contributed by atoms with Crippen LogP contribution in [0.2, 0.25) is 5.02 Å². The normalized spacial score (nSPS) is 10.4. The molecule has 0 amide bonds. The van der Waals surface area contributed by atoms with Gasteiger partial charge in [0, 0.05) is 5.02 Å². The molecular formula is C15H15Cl. The highest BCUT2D eigenvalue weighted by Crippen LogP contribution is 2.22. The molecule has 1 heteroatoms. The molecule has 0 radical (unpaired) electrons. The fraction of sp³-hybridized carbons (Fsp3) is 0.200. The van der Waals surface area contributed by atoms with Crippen molar-refractivity contribution in [1.82, 2.24) is 0 Å². The molecular weight excluding hydrogens is 216 g/mol. The van der Waals surface area contributed by atoms with Crippen molar-refractivity contribution < 1.29 is 0 Å². The summed E-state index contributed by atoms with van der Waals surface area (Å²) in [6.07, 6.45) is 2.35. The van der Waals surface area contributed by atoms with Gasteiger partial charge in [0.05, 0.1) is 0 Å². The van der Waals surface area contributed by atoms with Crippen LogP contribution in [0, 0.1) is 0 Å². The second-order valence-electron chi connectivity index (χ2n) is 3.95. The Kier molecular flexibility index (Phi) is 3.63. The van der Waals surface area contributed by atoms with Crippen LogP contribution in [0.25, 0.3) is 11.1 Å². The summed E-state index contributed by atoms with van der Waals surface area (Å²) < 4.78 is 0. The van der Waals surface area contributed by atoms with E-state index in [4.69, 9.17) is 11.6 Å². The van der Waals surface area contributed by atoms with Crippen LogP contribution in [0.3, 0.4) is 0 Å². The molecule has 0 fully saturated rings. The lowest BCUT2D eigenvalue weighted by atomic mass is 10.0. The first kappa shape index (κ1) is 11.2. The van der Waals surface area contributed by atoms with Crippen LogP contribution in [-0.4, -0.2) is 0 Å². The Morgan fingerprint density at radius 1 is 0.812 bits per heavy atom. The molecule has 2 aromatic carbocycles. The molecule has 0 saturated heterocycles. The number of halogens is 1. The van der Waals surface area contributed by atoms with E-state index in [-0.39, 0.29) is 0 Å². The van der Waals surface area contributed by atoms with Gasteiger partial charge >= 0.3 is 0 Å². The summed E-state index contributed by atoms with van der Waals surface area (Å²) in [4.78, 5) is 0. The Bertz CT molecular complexity index is 440. The van der Waals surface area contributed by atoms with Crippen molar-refractivity contribution in [1.29, 1.82) is 0 Å². The molecule has 0 heterocycles. The van der Waals surface area contributed by atoms with Gasteiger partial charge in [0.1, 0.15) is 0 Å². The quantitative estimate of drug-likeness (QED) is 0.699. The van der Waals surface area contributed by atoms with Gasteiger partial charge in [-0.2, -0.15) is 0 Å². The second-order valence-corrected chi connectivity index (χ2v) is 4.39. The summed E-state index contributed by atoms with van der Waals surface area (Å²) >= 11 is 5.87. The Morgan fingerprint density at radius 3 is 1.81 bits per heavy atom. The van der Waals surface area contributed by atoms with Gasteiger partial charge in [-0.1, -0.05) is 61.3 Å². The van der Waals surface area contributed by atoms with E-state index >= 15 is 0 Å². The summed E-state index contributed by atoms with van der Waals surface area (Å²) in [5, 5.41) is 0.784. The van der Waals surface area contributed by atoms with E-state index < -0.39 is 0 Å². The maximum atomic E-state index is 5.87. The van der Waals surface area contributed by atoms with E-state index in [9.17, 15) is 0 Å². The zero-order valence-corrected chi connectivity index (χ0v) is 10.2. The first-order chi connectivity index (χ1) is 7.79. The van der Waals surface area contributed by atoms with Crippen molar-refractivity contribution in [3.8, 4) is 11.1 Å². The smallest absolute Gasteiger partial charge is 0.0406 e. The molecule has 0 aliphatic rings. The van der Waals surface area contributed by atoms with E-state index in [0.29, 0.717) is 0 Å². The zero-order valence-electron chi connectivity index (χ0n) is 9.41. The average molecular weight is 231 g/mol. The fourth-order valence-electron chi connectivity index (χ4n) is 1.79. The van der Waals surface area contributed by atoms with Gasteiger partial charge in [0.25, 0.3) is 0 Å². The second kappa shape index (κ2) is 5.18. The molecule has 0 unspecified atom stereocenters. The number of rotatable bonds is 3. The van der Waals surface area contributed by atoms with E-state index in [1.165, 1.54) is 23.1 Å². The molecule has 82 valence electrons. The van der Waals surface area contributed by atoms with Crippen molar-refractivity contribution >= 4 is 11.6 Å². The molecule has 0 aliphatic heterocycles. The van der Waals surface area contributed by atoms with Crippen LogP contribution < -0.4 is 0 Å². The lowest BCUT2D eigenvalue weighted by Gasteiger charge is -2.03. The Hall–Kier alpha value is -1.27. The van der Waals surface area contributed by atoms with Crippen LogP contribution >= 0.6 is 11.6 Å². The summed E-state index contributed by atoms with van der Waals surface area (Å²) in [5.41, 5.74) is 3.86. The van der Waals surface area contributed by atoms with Crippen molar-refractivity contribution in [2.45, 2.75) is 19.8 Å². The highest BCUT2D eigenvalue weighted by Gasteiger charge is 1.97. The third-order valence-corrected chi connectivity index (χ3v) is 2.92. The predicted molar refractivity (Wildman–Crippen MR) is 70.9 cm³/mol. The predicted octanol–water partition coefficient (Wildman–Crippen LogP) is 4.96. The largest absolute Gasteiger partial charge is 0.0843 e. The zero-order chi connectivity index (χ0) is 11.4. The van der Waals surface area contributed by atoms with E-state index in [2.05, 4.69) is 43.3 Å². The Morgan fingerprint density at radius 2 is 1.31 bits per heavy atom. The topological polar surface area (TPSA) is 0 Å². The number of hydrogen-bond acceptors (Lipinski definition) is 0. The average Bonchev–Trinajstić information content (AvgIpc) is 2.32. The minimum Gasteiger partial charge on any atom is -0.0843 e. The molecule has 2 aromatic rings. The van der Waals surface area contributed by atoms with Gasteiger partial charge in [-0.15, -0.1) is 0 Å². The first-order valence-corrected chi connectivity index (χ1v) is 6.02. The summed E-state index contributed by atoms with van der Waals surface area (Å²) in [6, 6.07) is 16.7. The summed E-state index contributed by atoms with van der Waals surface area (Å²) in [5.74, 6) is 0. The summed E-state index contributed by atoms with van der Waals surface area (Å²) in [7, 11) is 0. The van der Waals surface area contributed by atoms with Gasteiger partial charge < -0.3 is 0 Å². The van der Waals surface area contributed by atoms with Crippen LogP contribution in [-0.2, 0) is 6.42 Å². The minimum atomic E-state index is 0.784. The van der Waals surface area contributed by atoms with Crippen LogP contribution in [0.1, 0.15) is 18.9 Å². The van der Waals surface area contributed by atoms with Gasteiger partial charge in [-0.3, -0.25) is 0 Å². The van der Waals surface area contributed by atoms with E-state index in [1.807, 2.05) is 12.1 Å². The third kappa shape index (κ3) is 2.65. The Labute approximate surface area is 102 Å². The lowest BCUT2D eigenvalue weighted by Crippen LogP contribution is -1.83. The van der Waals surface area contributed by atoms with Crippen molar-refractivity contribution in [2.75, 3.05) is 0 Å². The molecule has 0 spiro atoms.